The van der Waals surface area contributed by atoms with Crippen LogP contribution in [0, 0.1) is 0 Å². The van der Waals surface area contributed by atoms with Gasteiger partial charge in [-0.15, -0.1) is 0 Å². The van der Waals surface area contributed by atoms with Crippen molar-refractivity contribution in [2.75, 3.05) is 29.5 Å². The minimum Gasteiger partial charge on any atom is -0.355 e. The minimum atomic E-state index is 0.748. The van der Waals surface area contributed by atoms with Gasteiger partial charge in [0.25, 0.3) is 0 Å². The Morgan fingerprint density at radius 3 is 2.55 bits per heavy atom. The number of aryl methyl sites for hydroxylation is 1. The van der Waals surface area contributed by atoms with Crippen LogP contribution in [0.5, 0.6) is 0 Å². The number of anilines is 1. The molecule has 2 aromatic rings. The fraction of sp³-hybridized carbons (Fsp3) is 0.412. The van der Waals surface area contributed by atoms with Crippen molar-refractivity contribution in [1.29, 1.82) is 0 Å². The molecule has 2 heterocycles. The van der Waals surface area contributed by atoms with Gasteiger partial charge in [0.15, 0.2) is 5.82 Å². The number of halogens is 1. The smallest absolute Gasteiger partial charge is 0.161 e. The third kappa shape index (κ3) is 2.70. The maximum absolute atomic E-state index is 5.99. The van der Waals surface area contributed by atoms with E-state index in [9.17, 15) is 0 Å². The second-order valence-corrected chi connectivity index (χ2v) is 7.42. The molecular weight excluding hydrogens is 314 g/mol. The van der Waals surface area contributed by atoms with Gasteiger partial charge in [-0.3, -0.25) is 0 Å². The molecule has 0 radical (unpaired) electrons. The van der Waals surface area contributed by atoms with E-state index in [1.165, 1.54) is 35.0 Å². The number of hydrogen-bond acceptors (Lipinski definition) is 4. The number of thioether (sulfide) groups is 1. The molecule has 22 heavy (non-hydrogen) atoms. The average Bonchev–Trinajstić information content (AvgIpc) is 3.04. The van der Waals surface area contributed by atoms with Crippen molar-refractivity contribution in [3.63, 3.8) is 0 Å². The summed E-state index contributed by atoms with van der Waals surface area (Å²) in [7, 11) is 0. The van der Waals surface area contributed by atoms with Gasteiger partial charge in [-0.1, -0.05) is 11.6 Å². The molecule has 0 atom stereocenters. The molecule has 1 aliphatic carbocycles. The van der Waals surface area contributed by atoms with E-state index in [2.05, 4.69) is 4.90 Å². The molecule has 1 aromatic heterocycles. The van der Waals surface area contributed by atoms with Crippen LogP contribution in [0.25, 0.3) is 11.4 Å². The van der Waals surface area contributed by atoms with Gasteiger partial charge in [-0.25, -0.2) is 9.97 Å². The highest BCUT2D eigenvalue weighted by Gasteiger charge is 2.24. The molecule has 3 nitrogen and oxygen atoms in total. The van der Waals surface area contributed by atoms with Crippen molar-refractivity contribution < 1.29 is 0 Å². The fourth-order valence-corrected chi connectivity index (χ4v) is 4.21. The SMILES string of the molecule is Clc1ccc(-c2nc3c(c(N4CCSCC4)n2)CCC3)cc1. The van der Waals surface area contributed by atoms with Crippen molar-refractivity contribution in [3.05, 3.63) is 40.5 Å². The summed E-state index contributed by atoms with van der Waals surface area (Å²) in [4.78, 5) is 12.2. The van der Waals surface area contributed by atoms with Crippen LogP contribution in [0.2, 0.25) is 5.02 Å². The highest BCUT2D eigenvalue weighted by atomic mass is 35.5. The van der Waals surface area contributed by atoms with E-state index < -0.39 is 0 Å². The van der Waals surface area contributed by atoms with Crippen molar-refractivity contribution in [2.24, 2.45) is 0 Å². The van der Waals surface area contributed by atoms with Gasteiger partial charge in [0, 0.05) is 46.4 Å². The quantitative estimate of drug-likeness (QED) is 0.836. The molecular formula is C17H18ClN3S. The Labute approximate surface area is 140 Å². The fourth-order valence-electron chi connectivity index (χ4n) is 3.18. The lowest BCUT2D eigenvalue weighted by atomic mass is 10.1. The maximum atomic E-state index is 5.99. The summed E-state index contributed by atoms with van der Waals surface area (Å²) < 4.78 is 0. The first-order chi connectivity index (χ1) is 10.8. The second kappa shape index (κ2) is 6.09. The van der Waals surface area contributed by atoms with E-state index in [0.717, 1.165) is 42.3 Å². The maximum Gasteiger partial charge on any atom is 0.161 e. The van der Waals surface area contributed by atoms with E-state index in [0.29, 0.717) is 0 Å². The number of rotatable bonds is 2. The van der Waals surface area contributed by atoms with E-state index in [-0.39, 0.29) is 0 Å². The Hall–Kier alpha value is -1.26. The van der Waals surface area contributed by atoms with Gasteiger partial charge in [0.1, 0.15) is 5.82 Å². The highest BCUT2D eigenvalue weighted by molar-refractivity contribution is 7.99. The summed E-state index contributed by atoms with van der Waals surface area (Å²) in [6.45, 7) is 2.18. The minimum absolute atomic E-state index is 0.748. The van der Waals surface area contributed by atoms with Gasteiger partial charge in [-0.2, -0.15) is 11.8 Å². The standard InChI is InChI=1S/C17H18ClN3S/c18-13-6-4-12(5-7-13)16-19-15-3-1-2-14(15)17(20-16)21-8-10-22-11-9-21/h4-7H,1-3,8-11H2. The molecule has 1 saturated heterocycles. The molecule has 0 spiro atoms. The monoisotopic (exact) mass is 331 g/mol. The Morgan fingerprint density at radius 1 is 1.00 bits per heavy atom. The van der Waals surface area contributed by atoms with Crippen LogP contribution in [0.1, 0.15) is 17.7 Å². The summed E-state index contributed by atoms with van der Waals surface area (Å²) >= 11 is 8.02. The van der Waals surface area contributed by atoms with E-state index >= 15 is 0 Å². The number of fused-ring (bicyclic) bond motifs is 1. The van der Waals surface area contributed by atoms with Crippen molar-refractivity contribution in [3.8, 4) is 11.4 Å². The molecule has 4 rings (SSSR count). The van der Waals surface area contributed by atoms with Crippen LogP contribution in [-0.4, -0.2) is 34.6 Å². The molecule has 0 saturated carbocycles. The van der Waals surface area contributed by atoms with Crippen molar-refractivity contribution in [2.45, 2.75) is 19.3 Å². The number of aromatic nitrogens is 2. The molecule has 2 aliphatic rings. The van der Waals surface area contributed by atoms with Gasteiger partial charge in [0.2, 0.25) is 0 Å². The highest BCUT2D eigenvalue weighted by Crippen LogP contribution is 2.32. The van der Waals surface area contributed by atoms with Crippen LogP contribution in [0.3, 0.4) is 0 Å². The van der Waals surface area contributed by atoms with Crippen LogP contribution in [0.4, 0.5) is 5.82 Å². The molecule has 0 N–H and O–H groups in total. The van der Waals surface area contributed by atoms with Crippen LogP contribution in [-0.2, 0) is 12.8 Å². The van der Waals surface area contributed by atoms with Gasteiger partial charge in [-0.05, 0) is 43.5 Å². The zero-order chi connectivity index (χ0) is 14.9. The predicted octanol–water partition coefficient (Wildman–Crippen LogP) is 3.84. The van der Waals surface area contributed by atoms with Crippen LogP contribution < -0.4 is 4.90 Å². The largest absolute Gasteiger partial charge is 0.355 e. The summed E-state index contributed by atoms with van der Waals surface area (Å²) in [6.07, 6.45) is 3.40. The van der Waals surface area contributed by atoms with Gasteiger partial charge < -0.3 is 4.90 Å². The lowest BCUT2D eigenvalue weighted by Crippen LogP contribution is -2.34. The zero-order valence-corrected chi connectivity index (χ0v) is 14.0. The lowest BCUT2D eigenvalue weighted by molar-refractivity contribution is 0.824. The molecule has 0 amide bonds. The van der Waals surface area contributed by atoms with Crippen LogP contribution in [0.15, 0.2) is 24.3 Å². The topological polar surface area (TPSA) is 29.0 Å². The zero-order valence-electron chi connectivity index (χ0n) is 12.4. The first-order valence-electron chi connectivity index (χ1n) is 7.80. The van der Waals surface area contributed by atoms with E-state index in [4.69, 9.17) is 21.6 Å². The molecule has 114 valence electrons. The lowest BCUT2D eigenvalue weighted by Gasteiger charge is -2.29. The first kappa shape index (κ1) is 14.3. The Morgan fingerprint density at radius 2 is 1.77 bits per heavy atom. The summed E-state index contributed by atoms with van der Waals surface area (Å²) in [5.41, 5.74) is 3.67. The van der Waals surface area contributed by atoms with Crippen LogP contribution >= 0.6 is 23.4 Å². The summed E-state index contributed by atoms with van der Waals surface area (Å²) in [5, 5.41) is 0.748. The average molecular weight is 332 g/mol. The Balaban J connectivity index is 1.78. The Kier molecular flexibility index (Phi) is 3.97. The number of hydrogen-bond donors (Lipinski definition) is 0. The molecule has 1 fully saturated rings. The second-order valence-electron chi connectivity index (χ2n) is 5.76. The number of nitrogens with zero attached hydrogens (tertiary/aromatic N) is 3. The van der Waals surface area contributed by atoms with Crippen molar-refractivity contribution in [1.82, 2.24) is 9.97 Å². The molecule has 0 bridgehead atoms. The molecule has 0 unspecified atom stereocenters. The third-order valence-electron chi connectivity index (χ3n) is 4.32. The molecule has 5 heteroatoms. The molecule has 1 aliphatic heterocycles. The van der Waals surface area contributed by atoms with E-state index in [1.807, 2.05) is 36.0 Å². The summed E-state index contributed by atoms with van der Waals surface area (Å²) in [6, 6.07) is 7.83. The third-order valence-corrected chi connectivity index (χ3v) is 5.52. The Bertz CT molecular complexity index is 681. The van der Waals surface area contributed by atoms with Crippen molar-refractivity contribution >= 4 is 29.2 Å². The predicted molar refractivity (Wildman–Crippen MR) is 94.0 cm³/mol. The first-order valence-corrected chi connectivity index (χ1v) is 9.33. The summed E-state index contributed by atoms with van der Waals surface area (Å²) in [5.74, 6) is 4.39. The van der Waals surface area contributed by atoms with Gasteiger partial charge >= 0.3 is 0 Å². The van der Waals surface area contributed by atoms with E-state index in [1.54, 1.807) is 0 Å². The number of benzene rings is 1. The molecule has 1 aromatic carbocycles. The van der Waals surface area contributed by atoms with Gasteiger partial charge in [0.05, 0.1) is 0 Å². The normalized spacial score (nSPS) is 17.6.